The monoisotopic (exact) mass is 264 g/mol. The number of ether oxygens (including phenoxy) is 1. The van der Waals surface area contributed by atoms with Crippen molar-refractivity contribution in [3.05, 3.63) is 45.8 Å². The Labute approximate surface area is 109 Å². The van der Waals surface area contributed by atoms with Crippen LogP contribution in [0.5, 0.6) is 5.88 Å². The van der Waals surface area contributed by atoms with Crippen molar-refractivity contribution < 1.29 is 4.74 Å². The first-order valence-corrected chi connectivity index (χ1v) is 6.37. The van der Waals surface area contributed by atoms with Crippen LogP contribution in [0.3, 0.4) is 0 Å². The van der Waals surface area contributed by atoms with Gasteiger partial charge in [-0.2, -0.15) is 0 Å². The summed E-state index contributed by atoms with van der Waals surface area (Å²) in [7, 11) is 0. The third kappa shape index (κ3) is 3.25. The number of pyridine rings is 1. The van der Waals surface area contributed by atoms with Crippen LogP contribution in [-0.2, 0) is 6.61 Å². The Bertz CT molecular complexity index is 523. The van der Waals surface area contributed by atoms with Crippen molar-refractivity contribution in [2.75, 3.05) is 0 Å². The highest BCUT2D eigenvalue weighted by atomic mass is 32.1. The minimum absolute atomic E-state index is 0.358. The standard InChI is InChI=1S/C12H12N2OS2/c1-8-5-9(12(13)16)6-11(14-8)15-7-10-3-2-4-17-10/h2-6H,7H2,1H3,(H2,13,16). The lowest BCUT2D eigenvalue weighted by atomic mass is 10.2. The number of rotatable bonds is 4. The molecule has 88 valence electrons. The number of thiocarbonyl (C=S) groups is 1. The molecule has 17 heavy (non-hydrogen) atoms. The summed E-state index contributed by atoms with van der Waals surface area (Å²) in [6.07, 6.45) is 0. The average molecular weight is 264 g/mol. The number of hydrogen-bond donors (Lipinski definition) is 1. The molecule has 0 unspecified atom stereocenters. The van der Waals surface area contributed by atoms with Gasteiger partial charge < -0.3 is 10.5 Å². The smallest absolute Gasteiger partial charge is 0.214 e. The van der Waals surface area contributed by atoms with Crippen molar-refractivity contribution >= 4 is 28.5 Å². The molecule has 0 fully saturated rings. The van der Waals surface area contributed by atoms with Crippen LogP contribution < -0.4 is 10.5 Å². The maximum absolute atomic E-state index is 5.61. The highest BCUT2D eigenvalue weighted by Gasteiger charge is 2.04. The average Bonchev–Trinajstić information content (AvgIpc) is 2.78. The van der Waals surface area contributed by atoms with E-state index in [9.17, 15) is 0 Å². The van der Waals surface area contributed by atoms with Gasteiger partial charge in [-0.05, 0) is 24.4 Å². The van der Waals surface area contributed by atoms with Gasteiger partial charge in [0.05, 0.1) is 0 Å². The van der Waals surface area contributed by atoms with Crippen LogP contribution in [0.25, 0.3) is 0 Å². The first-order chi connectivity index (χ1) is 8.15. The molecule has 0 atom stereocenters. The normalized spacial score (nSPS) is 10.2. The van der Waals surface area contributed by atoms with E-state index in [0.29, 0.717) is 17.5 Å². The van der Waals surface area contributed by atoms with Gasteiger partial charge in [0, 0.05) is 22.2 Å². The fourth-order valence-corrected chi connectivity index (χ4v) is 2.13. The SMILES string of the molecule is Cc1cc(C(N)=S)cc(OCc2cccs2)n1. The van der Waals surface area contributed by atoms with Crippen molar-refractivity contribution in [2.24, 2.45) is 5.73 Å². The Kier molecular flexibility index (Phi) is 3.71. The number of hydrogen-bond acceptors (Lipinski definition) is 4. The van der Waals surface area contributed by atoms with Gasteiger partial charge in [-0.3, -0.25) is 0 Å². The first-order valence-electron chi connectivity index (χ1n) is 5.09. The zero-order chi connectivity index (χ0) is 12.3. The predicted molar refractivity (Wildman–Crippen MR) is 73.5 cm³/mol. The van der Waals surface area contributed by atoms with Crippen molar-refractivity contribution in [3.8, 4) is 5.88 Å². The lowest BCUT2D eigenvalue weighted by Gasteiger charge is -2.07. The highest BCUT2D eigenvalue weighted by molar-refractivity contribution is 7.80. The van der Waals surface area contributed by atoms with Gasteiger partial charge in [-0.1, -0.05) is 18.3 Å². The summed E-state index contributed by atoms with van der Waals surface area (Å²) in [5.74, 6) is 0.557. The molecule has 2 rings (SSSR count). The van der Waals surface area contributed by atoms with E-state index >= 15 is 0 Å². The van der Waals surface area contributed by atoms with Crippen LogP contribution >= 0.6 is 23.6 Å². The Morgan fingerprint density at radius 2 is 2.35 bits per heavy atom. The fourth-order valence-electron chi connectivity index (χ4n) is 1.39. The molecule has 0 radical (unpaired) electrons. The van der Waals surface area contributed by atoms with E-state index in [-0.39, 0.29) is 0 Å². The summed E-state index contributed by atoms with van der Waals surface area (Å²) in [5.41, 5.74) is 7.22. The van der Waals surface area contributed by atoms with Crippen molar-refractivity contribution in [3.63, 3.8) is 0 Å². The van der Waals surface area contributed by atoms with Crippen LogP contribution in [0.4, 0.5) is 0 Å². The van der Waals surface area contributed by atoms with Crippen molar-refractivity contribution in [2.45, 2.75) is 13.5 Å². The number of aryl methyl sites for hydroxylation is 1. The zero-order valence-electron chi connectivity index (χ0n) is 9.34. The van der Waals surface area contributed by atoms with Gasteiger partial charge in [-0.15, -0.1) is 11.3 Å². The molecular weight excluding hydrogens is 252 g/mol. The van der Waals surface area contributed by atoms with Crippen molar-refractivity contribution in [1.82, 2.24) is 4.98 Å². The molecule has 2 N–H and O–H groups in total. The van der Waals surface area contributed by atoms with Gasteiger partial charge in [0.15, 0.2) is 0 Å². The molecule has 2 aromatic rings. The van der Waals surface area contributed by atoms with Crippen molar-refractivity contribution in [1.29, 1.82) is 0 Å². The Hall–Kier alpha value is -1.46. The second kappa shape index (κ2) is 5.25. The molecule has 0 saturated heterocycles. The molecular formula is C12H12N2OS2. The molecule has 0 saturated carbocycles. The van der Waals surface area contributed by atoms with E-state index in [0.717, 1.165) is 16.1 Å². The van der Waals surface area contributed by atoms with E-state index in [1.165, 1.54) is 0 Å². The molecule has 0 aliphatic heterocycles. The molecule has 0 aromatic carbocycles. The molecule has 5 heteroatoms. The second-order valence-electron chi connectivity index (χ2n) is 3.57. The fraction of sp³-hybridized carbons (Fsp3) is 0.167. The zero-order valence-corrected chi connectivity index (χ0v) is 11.0. The van der Waals surface area contributed by atoms with E-state index in [1.54, 1.807) is 17.4 Å². The molecule has 2 aromatic heterocycles. The highest BCUT2D eigenvalue weighted by Crippen LogP contribution is 2.16. The quantitative estimate of drug-likeness (QED) is 0.863. The van der Waals surface area contributed by atoms with E-state index in [1.807, 2.05) is 30.5 Å². The molecule has 3 nitrogen and oxygen atoms in total. The molecule has 0 aliphatic rings. The third-order valence-electron chi connectivity index (χ3n) is 2.16. The molecule has 2 heterocycles. The Morgan fingerprint density at radius 1 is 1.53 bits per heavy atom. The number of thiophene rings is 1. The summed E-state index contributed by atoms with van der Waals surface area (Å²) < 4.78 is 5.61. The minimum atomic E-state index is 0.358. The van der Waals surface area contributed by atoms with Crippen LogP contribution in [0.2, 0.25) is 0 Å². The van der Waals surface area contributed by atoms with Gasteiger partial charge in [0.2, 0.25) is 5.88 Å². The van der Waals surface area contributed by atoms with Gasteiger partial charge in [-0.25, -0.2) is 4.98 Å². The maximum Gasteiger partial charge on any atom is 0.214 e. The Morgan fingerprint density at radius 3 is 3.00 bits per heavy atom. The van der Waals surface area contributed by atoms with Crippen LogP contribution in [0.15, 0.2) is 29.6 Å². The van der Waals surface area contributed by atoms with Gasteiger partial charge >= 0.3 is 0 Å². The molecule has 0 aliphatic carbocycles. The van der Waals surface area contributed by atoms with Crippen LogP contribution in [0.1, 0.15) is 16.1 Å². The third-order valence-corrected chi connectivity index (χ3v) is 3.24. The molecule has 0 spiro atoms. The first kappa shape index (κ1) is 12.0. The number of aromatic nitrogens is 1. The summed E-state index contributed by atoms with van der Waals surface area (Å²) >= 11 is 6.60. The molecule has 0 amide bonds. The van der Waals surface area contributed by atoms with Crippen LogP contribution in [-0.4, -0.2) is 9.97 Å². The number of nitrogens with zero attached hydrogens (tertiary/aromatic N) is 1. The topological polar surface area (TPSA) is 48.1 Å². The number of nitrogens with two attached hydrogens (primary N) is 1. The second-order valence-corrected chi connectivity index (χ2v) is 5.04. The van der Waals surface area contributed by atoms with E-state index in [4.69, 9.17) is 22.7 Å². The summed E-state index contributed by atoms with van der Waals surface area (Å²) in [4.78, 5) is 5.80. The maximum atomic E-state index is 5.61. The lowest BCUT2D eigenvalue weighted by molar-refractivity contribution is 0.296. The van der Waals surface area contributed by atoms with Crippen LogP contribution in [0, 0.1) is 6.92 Å². The Balaban J connectivity index is 2.13. The largest absolute Gasteiger partial charge is 0.472 e. The predicted octanol–water partition coefficient (Wildman–Crippen LogP) is 2.66. The van der Waals surface area contributed by atoms with E-state index in [2.05, 4.69) is 4.98 Å². The summed E-state index contributed by atoms with van der Waals surface area (Å²) in [6, 6.07) is 7.63. The lowest BCUT2D eigenvalue weighted by Crippen LogP contribution is -2.10. The molecule has 0 bridgehead atoms. The minimum Gasteiger partial charge on any atom is -0.472 e. The van der Waals surface area contributed by atoms with E-state index < -0.39 is 0 Å². The van der Waals surface area contributed by atoms with Gasteiger partial charge in [0.25, 0.3) is 0 Å². The summed E-state index contributed by atoms with van der Waals surface area (Å²) in [5, 5.41) is 2.02. The summed E-state index contributed by atoms with van der Waals surface area (Å²) in [6.45, 7) is 2.41. The van der Waals surface area contributed by atoms with Gasteiger partial charge in [0.1, 0.15) is 11.6 Å².